The molecule has 1 fully saturated rings. The minimum absolute atomic E-state index is 0.204. The Bertz CT molecular complexity index is 1250. The largest absolute Gasteiger partial charge is 0.444 e. The number of pyridine rings is 2. The molecule has 0 atom stereocenters. The van der Waals surface area contributed by atoms with Gasteiger partial charge in [-0.05, 0) is 82.5 Å². The molecule has 0 unspecified atom stereocenters. The molecule has 1 aromatic carbocycles. The molecule has 38 heavy (non-hydrogen) atoms. The van der Waals surface area contributed by atoms with Crippen molar-refractivity contribution in [3.8, 4) is 0 Å². The SMILES string of the molecule is CC(C)(C)OC(=O)N1CCN(CCCN(Cc2cc3ccccc3cn2)c2ccc3c(n2)CCCC3)CC1. The van der Waals surface area contributed by atoms with E-state index in [2.05, 4.69) is 52.3 Å². The van der Waals surface area contributed by atoms with Crippen LogP contribution in [-0.2, 0) is 24.1 Å². The van der Waals surface area contributed by atoms with E-state index in [1.165, 1.54) is 34.9 Å². The fourth-order valence-corrected chi connectivity index (χ4v) is 5.40. The Hall–Kier alpha value is -3.19. The quantitative estimate of drug-likeness (QED) is 0.417. The number of nitrogens with zero attached hydrogens (tertiary/aromatic N) is 5. The lowest BCUT2D eigenvalue weighted by Gasteiger charge is -2.36. The maximum Gasteiger partial charge on any atom is 0.410 e. The van der Waals surface area contributed by atoms with E-state index >= 15 is 0 Å². The first-order valence-electron chi connectivity index (χ1n) is 14.1. The number of piperazine rings is 1. The van der Waals surface area contributed by atoms with Crippen LogP contribution in [0.2, 0.25) is 0 Å². The number of rotatable bonds is 7. The first-order valence-corrected chi connectivity index (χ1v) is 14.1. The minimum atomic E-state index is -0.456. The Morgan fingerprint density at radius 2 is 1.76 bits per heavy atom. The van der Waals surface area contributed by atoms with Gasteiger partial charge in [-0.25, -0.2) is 9.78 Å². The molecule has 2 aliphatic rings. The van der Waals surface area contributed by atoms with Crippen LogP contribution in [0.25, 0.3) is 10.8 Å². The number of hydrogen-bond donors (Lipinski definition) is 0. The average Bonchev–Trinajstić information content (AvgIpc) is 2.91. The van der Waals surface area contributed by atoms with Crippen molar-refractivity contribution in [3.05, 3.63) is 65.6 Å². The van der Waals surface area contributed by atoms with Gasteiger partial charge in [0.25, 0.3) is 0 Å². The summed E-state index contributed by atoms with van der Waals surface area (Å²) >= 11 is 0. The zero-order valence-corrected chi connectivity index (χ0v) is 23.2. The highest BCUT2D eigenvalue weighted by Gasteiger charge is 2.26. The number of anilines is 1. The van der Waals surface area contributed by atoms with Crippen LogP contribution in [0.1, 0.15) is 57.0 Å². The van der Waals surface area contributed by atoms with Gasteiger partial charge < -0.3 is 14.5 Å². The normalized spacial score (nSPS) is 16.3. The number of aryl methyl sites for hydroxylation is 2. The second kappa shape index (κ2) is 11.7. The van der Waals surface area contributed by atoms with Crippen molar-refractivity contribution < 1.29 is 9.53 Å². The van der Waals surface area contributed by atoms with Gasteiger partial charge in [-0.3, -0.25) is 9.88 Å². The molecule has 7 nitrogen and oxygen atoms in total. The third kappa shape index (κ3) is 6.81. The molecule has 5 rings (SSSR count). The first kappa shape index (κ1) is 26.4. The highest BCUT2D eigenvalue weighted by atomic mass is 16.6. The summed E-state index contributed by atoms with van der Waals surface area (Å²) in [6, 6.07) is 15.1. The van der Waals surface area contributed by atoms with E-state index in [1.807, 2.05) is 31.9 Å². The van der Waals surface area contributed by atoms with Crippen molar-refractivity contribution in [3.63, 3.8) is 0 Å². The van der Waals surface area contributed by atoms with Crippen LogP contribution in [0, 0.1) is 0 Å². The summed E-state index contributed by atoms with van der Waals surface area (Å²) in [7, 11) is 0. The minimum Gasteiger partial charge on any atom is -0.444 e. The molecule has 2 aromatic heterocycles. The molecule has 0 radical (unpaired) electrons. The van der Waals surface area contributed by atoms with Crippen LogP contribution in [0.15, 0.2) is 48.7 Å². The fraction of sp³-hybridized carbons (Fsp3) is 0.516. The third-order valence-corrected chi connectivity index (χ3v) is 7.45. The number of carbonyl (C=O) groups excluding carboxylic acids is 1. The monoisotopic (exact) mass is 515 g/mol. The van der Waals surface area contributed by atoms with E-state index < -0.39 is 5.60 Å². The zero-order chi connectivity index (χ0) is 26.5. The summed E-state index contributed by atoms with van der Waals surface area (Å²) in [5.74, 6) is 1.05. The molecule has 0 N–H and O–H groups in total. The van der Waals surface area contributed by atoms with Crippen molar-refractivity contribution in [2.45, 2.75) is 65.0 Å². The van der Waals surface area contributed by atoms with Crippen molar-refractivity contribution in [1.82, 2.24) is 19.8 Å². The predicted molar refractivity (Wildman–Crippen MR) is 153 cm³/mol. The maximum absolute atomic E-state index is 12.4. The Labute approximate surface area is 226 Å². The van der Waals surface area contributed by atoms with E-state index in [9.17, 15) is 4.79 Å². The Balaban J connectivity index is 1.22. The van der Waals surface area contributed by atoms with Crippen LogP contribution in [0.3, 0.4) is 0 Å². The highest BCUT2D eigenvalue weighted by Crippen LogP contribution is 2.24. The zero-order valence-electron chi connectivity index (χ0n) is 23.2. The molecule has 1 saturated heterocycles. The molecule has 0 bridgehead atoms. The summed E-state index contributed by atoms with van der Waals surface area (Å²) < 4.78 is 5.55. The average molecular weight is 516 g/mol. The van der Waals surface area contributed by atoms with Crippen LogP contribution in [0.5, 0.6) is 0 Å². The summed E-state index contributed by atoms with van der Waals surface area (Å²) in [4.78, 5) is 29.0. The third-order valence-electron chi connectivity index (χ3n) is 7.45. The van der Waals surface area contributed by atoms with E-state index in [0.717, 1.165) is 63.5 Å². The van der Waals surface area contributed by atoms with Gasteiger partial charge in [-0.1, -0.05) is 30.3 Å². The van der Waals surface area contributed by atoms with Gasteiger partial charge in [0.1, 0.15) is 11.4 Å². The number of hydrogen-bond acceptors (Lipinski definition) is 6. The number of amides is 1. The molecule has 7 heteroatoms. The molecule has 1 amide bonds. The van der Waals surface area contributed by atoms with Gasteiger partial charge >= 0.3 is 6.09 Å². The van der Waals surface area contributed by atoms with E-state index in [0.29, 0.717) is 13.1 Å². The Morgan fingerprint density at radius 3 is 2.55 bits per heavy atom. The summed E-state index contributed by atoms with van der Waals surface area (Å²) in [5, 5.41) is 2.39. The Morgan fingerprint density at radius 1 is 1.00 bits per heavy atom. The molecule has 202 valence electrons. The highest BCUT2D eigenvalue weighted by molar-refractivity contribution is 5.81. The van der Waals surface area contributed by atoms with E-state index in [4.69, 9.17) is 14.7 Å². The molecular formula is C31H41N5O2. The lowest BCUT2D eigenvalue weighted by atomic mass is 9.96. The Kier molecular flexibility index (Phi) is 8.12. The van der Waals surface area contributed by atoms with Crippen LogP contribution < -0.4 is 4.90 Å². The van der Waals surface area contributed by atoms with E-state index in [-0.39, 0.29) is 6.09 Å². The number of benzene rings is 1. The van der Waals surface area contributed by atoms with Gasteiger partial charge in [0.05, 0.1) is 12.2 Å². The van der Waals surface area contributed by atoms with Crippen LogP contribution in [-0.4, -0.2) is 70.7 Å². The molecule has 0 spiro atoms. The summed E-state index contributed by atoms with van der Waals surface area (Å²) in [6.07, 6.45) is 7.51. The number of fused-ring (bicyclic) bond motifs is 2. The predicted octanol–water partition coefficient (Wildman–Crippen LogP) is 5.46. The number of aromatic nitrogens is 2. The second-order valence-electron chi connectivity index (χ2n) is 11.6. The standard InChI is InChI=1S/C31H41N5O2/c1-31(2,3)38-30(37)35-19-17-34(18-20-35)15-8-16-36(29-14-13-24-9-6-7-12-28(24)33-29)23-27-21-25-10-4-5-11-26(25)22-32-27/h4-5,10-11,13-14,21-22H,6-9,12,15-20,23H2,1-3H3. The van der Waals surface area contributed by atoms with Crippen molar-refractivity contribution in [1.29, 1.82) is 0 Å². The van der Waals surface area contributed by atoms with E-state index in [1.54, 1.807) is 0 Å². The molecule has 3 aromatic rings. The van der Waals surface area contributed by atoms with Crippen LogP contribution >= 0.6 is 0 Å². The summed E-state index contributed by atoms with van der Waals surface area (Å²) in [5.41, 5.74) is 3.28. The molecule has 1 aliphatic carbocycles. The van der Waals surface area contributed by atoms with Crippen molar-refractivity contribution in [2.75, 3.05) is 44.2 Å². The van der Waals surface area contributed by atoms with Crippen molar-refractivity contribution >= 4 is 22.7 Å². The lowest BCUT2D eigenvalue weighted by molar-refractivity contribution is 0.0145. The van der Waals surface area contributed by atoms with Gasteiger partial charge in [-0.2, -0.15) is 0 Å². The smallest absolute Gasteiger partial charge is 0.410 e. The maximum atomic E-state index is 12.4. The second-order valence-corrected chi connectivity index (χ2v) is 11.6. The number of carbonyl (C=O) groups is 1. The van der Waals surface area contributed by atoms with Gasteiger partial charge in [0.15, 0.2) is 0 Å². The van der Waals surface area contributed by atoms with Gasteiger partial charge in [-0.15, -0.1) is 0 Å². The fourth-order valence-electron chi connectivity index (χ4n) is 5.40. The molecule has 1 aliphatic heterocycles. The summed E-state index contributed by atoms with van der Waals surface area (Å²) in [6.45, 7) is 11.6. The van der Waals surface area contributed by atoms with Crippen molar-refractivity contribution in [2.24, 2.45) is 0 Å². The lowest BCUT2D eigenvalue weighted by Crippen LogP contribution is -2.50. The van der Waals surface area contributed by atoms with Gasteiger partial charge in [0, 0.05) is 50.0 Å². The number of ether oxygens (including phenoxy) is 1. The first-order chi connectivity index (χ1) is 18.3. The van der Waals surface area contributed by atoms with Crippen LogP contribution in [0.4, 0.5) is 10.6 Å². The molecule has 0 saturated carbocycles. The molecular weight excluding hydrogens is 474 g/mol. The molecule has 3 heterocycles. The topological polar surface area (TPSA) is 61.8 Å². The van der Waals surface area contributed by atoms with Gasteiger partial charge in [0.2, 0.25) is 0 Å².